The van der Waals surface area contributed by atoms with Crippen LogP contribution in [0.3, 0.4) is 0 Å². The summed E-state index contributed by atoms with van der Waals surface area (Å²) < 4.78 is 0. The third kappa shape index (κ3) is 4.10. The van der Waals surface area contributed by atoms with E-state index in [1.807, 2.05) is 0 Å². The number of carbonyl (C=O) groups excluding carboxylic acids is 1. The molecule has 1 atom stereocenters. The van der Waals surface area contributed by atoms with Gasteiger partial charge in [0.2, 0.25) is 0 Å². The maximum Gasteiger partial charge on any atom is 0.254 e. The summed E-state index contributed by atoms with van der Waals surface area (Å²) in [7, 11) is 0. The number of piperidine rings is 1. The minimum atomic E-state index is -0.195. The fraction of sp³-hybridized carbons (Fsp3) is 0.500. The Morgan fingerprint density at radius 2 is 2.11 bits per heavy atom. The highest BCUT2D eigenvalue weighted by molar-refractivity contribution is 6.39. The van der Waals surface area contributed by atoms with Crippen molar-refractivity contribution < 1.29 is 4.79 Å². The molecule has 0 aromatic heterocycles. The van der Waals surface area contributed by atoms with Crippen LogP contribution in [0.2, 0.25) is 10.0 Å². The van der Waals surface area contributed by atoms with Crippen molar-refractivity contribution in [3.63, 3.8) is 0 Å². The van der Waals surface area contributed by atoms with E-state index in [0.29, 0.717) is 28.1 Å². The highest BCUT2D eigenvalue weighted by Crippen LogP contribution is 2.24. The molecule has 1 aliphatic rings. The van der Waals surface area contributed by atoms with E-state index >= 15 is 0 Å². The van der Waals surface area contributed by atoms with Crippen molar-refractivity contribution in [1.82, 2.24) is 10.6 Å². The molecule has 1 aromatic carbocycles. The highest BCUT2D eigenvalue weighted by Gasteiger charge is 2.16. The van der Waals surface area contributed by atoms with Crippen molar-refractivity contribution in [1.29, 1.82) is 0 Å². The van der Waals surface area contributed by atoms with Gasteiger partial charge in [-0.05, 0) is 50.4 Å². The average Bonchev–Trinajstić information content (AvgIpc) is 2.40. The molecule has 19 heavy (non-hydrogen) atoms. The standard InChI is InChI=1S/C14H18Cl2N2O/c15-11-4-1-5-12(16)13(11)14(19)18-8-6-10-3-2-7-17-9-10/h1,4-5,10,17H,2-3,6-9H2,(H,18,19). The van der Waals surface area contributed by atoms with Crippen LogP contribution in [-0.2, 0) is 0 Å². The first-order valence-electron chi connectivity index (χ1n) is 6.61. The van der Waals surface area contributed by atoms with Crippen molar-refractivity contribution in [3.05, 3.63) is 33.8 Å². The topological polar surface area (TPSA) is 41.1 Å². The van der Waals surface area contributed by atoms with E-state index < -0.39 is 0 Å². The van der Waals surface area contributed by atoms with Crippen LogP contribution in [0.5, 0.6) is 0 Å². The molecule has 5 heteroatoms. The van der Waals surface area contributed by atoms with Gasteiger partial charge >= 0.3 is 0 Å². The molecule has 0 spiro atoms. The lowest BCUT2D eigenvalue weighted by atomic mass is 9.96. The van der Waals surface area contributed by atoms with Crippen molar-refractivity contribution >= 4 is 29.1 Å². The van der Waals surface area contributed by atoms with Gasteiger partial charge in [0.05, 0.1) is 15.6 Å². The van der Waals surface area contributed by atoms with E-state index in [2.05, 4.69) is 10.6 Å². The second kappa shape index (κ2) is 7.13. The molecule has 0 saturated carbocycles. The molecule has 1 fully saturated rings. The Hall–Kier alpha value is -0.770. The van der Waals surface area contributed by atoms with E-state index in [9.17, 15) is 4.79 Å². The monoisotopic (exact) mass is 300 g/mol. The average molecular weight is 301 g/mol. The number of benzene rings is 1. The maximum absolute atomic E-state index is 12.0. The molecule has 1 saturated heterocycles. The predicted molar refractivity (Wildman–Crippen MR) is 79.0 cm³/mol. The fourth-order valence-electron chi connectivity index (χ4n) is 2.36. The first-order chi connectivity index (χ1) is 9.18. The van der Waals surface area contributed by atoms with Crippen LogP contribution in [-0.4, -0.2) is 25.5 Å². The predicted octanol–water partition coefficient (Wildman–Crippen LogP) is 3.11. The van der Waals surface area contributed by atoms with Gasteiger partial charge in [0, 0.05) is 6.54 Å². The lowest BCUT2D eigenvalue weighted by molar-refractivity contribution is 0.0951. The summed E-state index contributed by atoms with van der Waals surface area (Å²) in [5.74, 6) is 0.454. The fourth-order valence-corrected chi connectivity index (χ4v) is 2.93. The Morgan fingerprint density at radius 3 is 2.74 bits per heavy atom. The van der Waals surface area contributed by atoms with E-state index in [4.69, 9.17) is 23.2 Å². The Labute approximate surface area is 123 Å². The second-order valence-corrected chi connectivity index (χ2v) is 5.67. The number of hydrogen-bond acceptors (Lipinski definition) is 2. The first kappa shape index (κ1) is 14.6. The molecular formula is C14H18Cl2N2O. The first-order valence-corrected chi connectivity index (χ1v) is 7.37. The molecule has 104 valence electrons. The molecular weight excluding hydrogens is 283 g/mol. The van der Waals surface area contributed by atoms with Crippen LogP contribution in [0.15, 0.2) is 18.2 Å². The van der Waals surface area contributed by atoms with E-state index in [1.54, 1.807) is 18.2 Å². The summed E-state index contributed by atoms with van der Waals surface area (Å²) >= 11 is 12.0. The lowest BCUT2D eigenvalue weighted by Crippen LogP contribution is -2.33. The molecule has 1 aliphatic heterocycles. The number of amides is 1. The number of hydrogen-bond donors (Lipinski definition) is 2. The van der Waals surface area contributed by atoms with Gasteiger partial charge in [0.15, 0.2) is 0 Å². The van der Waals surface area contributed by atoms with Crippen LogP contribution in [0.4, 0.5) is 0 Å². The molecule has 1 heterocycles. The van der Waals surface area contributed by atoms with Crippen molar-refractivity contribution in [3.8, 4) is 0 Å². The Bertz CT molecular complexity index is 425. The second-order valence-electron chi connectivity index (χ2n) is 4.85. The largest absolute Gasteiger partial charge is 0.352 e. The van der Waals surface area contributed by atoms with Crippen LogP contribution < -0.4 is 10.6 Å². The molecule has 0 aliphatic carbocycles. The van der Waals surface area contributed by atoms with Gasteiger partial charge in [-0.3, -0.25) is 4.79 Å². The highest BCUT2D eigenvalue weighted by atomic mass is 35.5. The maximum atomic E-state index is 12.0. The van der Waals surface area contributed by atoms with Crippen molar-refractivity contribution in [2.24, 2.45) is 5.92 Å². The quantitative estimate of drug-likeness (QED) is 0.897. The van der Waals surface area contributed by atoms with Gasteiger partial charge in [-0.25, -0.2) is 0 Å². The molecule has 3 nitrogen and oxygen atoms in total. The van der Waals surface area contributed by atoms with Crippen LogP contribution in [0, 0.1) is 5.92 Å². The smallest absolute Gasteiger partial charge is 0.254 e. The molecule has 2 N–H and O–H groups in total. The van der Waals surface area contributed by atoms with Gasteiger partial charge in [0.25, 0.3) is 5.91 Å². The molecule has 2 rings (SSSR count). The summed E-state index contributed by atoms with van der Waals surface area (Å²) in [5.41, 5.74) is 0.368. The normalized spacial score (nSPS) is 19.2. The molecule has 0 bridgehead atoms. The zero-order chi connectivity index (χ0) is 13.7. The molecule has 0 radical (unpaired) electrons. The third-order valence-corrected chi connectivity index (χ3v) is 4.06. The Balaban J connectivity index is 1.84. The van der Waals surface area contributed by atoms with E-state index in [1.165, 1.54) is 12.8 Å². The summed E-state index contributed by atoms with van der Waals surface area (Å²) in [6.07, 6.45) is 3.44. The lowest BCUT2D eigenvalue weighted by Gasteiger charge is -2.22. The van der Waals surface area contributed by atoms with Gasteiger partial charge < -0.3 is 10.6 Å². The third-order valence-electron chi connectivity index (χ3n) is 3.43. The van der Waals surface area contributed by atoms with Gasteiger partial charge in [-0.2, -0.15) is 0 Å². The summed E-state index contributed by atoms with van der Waals surface area (Å²) in [6.45, 7) is 2.81. The van der Waals surface area contributed by atoms with Crippen LogP contribution in [0.1, 0.15) is 29.6 Å². The Kier molecular flexibility index (Phi) is 5.49. The number of rotatable bonds is 4. The summed E-state index contributed by atoms with van der Waals surface area (Å²) in [6, 6.07) is 5.08. The van der Waals surface area contributed by atoms with Crippen molar-refractivity contribution in [2.75, 3.05) is 19.6 Å². The molecule has 1 amide bonds. The number of carbonyl (C=O) groups is 1. The summed E-state index contributed by atoms with van der Waals surface area (Å²) in [4.78, 5) is 12.0. The van der Waals surface area contributed by atoms with Gasteiger partial charge in [0.1, 0.15) is 0 Å². The zero-order valence-corrected chi connectivity index (χ0v) is 12.2. The molecule has 1 aromatic rings. The zero-order valence-electron chi connectivity index (χ0n) is 10.7. The van der Waals surface area contributed by atoms with Crippen molar-refractivity contribution in [2.45, 2.75) is 19.3 Å². The van der Waals surface area contributed by atoms with Gasteiger partial charge in [-0.1, -0.05) is 29.3 Å². The SMILES string of the molecule is O=C(NCCC1CCCNC1)c1c(Cl)cccc1Cl. The number of nitrogens with one attached hydrogen (secondary N) is 2. The summed E-state index contributed by atoms with van der Waals surface area (Å²) in [5, 5.41) is 7.05. The van der Waals surface area contributed by atoms with E-state index in [-0.39, 0.29) is 5.91 Å². The molecule has 1 unspecified atom stereocenters. The Morgan fingerprint density at radius 1 is 1.37 bits per heavy atom. The van der Waals surface area contributed by atoms with Gasteiger partial charge in [-0.15, -0.1) is 0 Å². The van der Waals surface area contributed by atoms with Crippen LogP contribution >= 0.6 is 23.2 Å². The van der Waals surface area contributed by atoms with Crippen LogP contribution in [0.25, 0.3) is 0 Å². The van der Waals surface area contributed by atoms with E-state index in [0.717, 1.165) is 19.5 Å². The minimum Gasteiger partial charge on any atom is -0.352 e. The minimum absolute atomic E-state index is 0.195. The number of halogens is 2.